The molecule has 0 spiro atoms. The average molecular weight is 363 g/mol. The van der Waals surface area contributed by atoms with Gasteiger partial charge in [0.25, 0.3) is 0 Å². The second-order valence-electron chi connectivity index (χ2n) is 6.29. The van der Waals surface area contributed by atoms with Crippen molar-refractivity contribution in [3.63, 3.8) is 0 Å². The van der Waals surface area contributed by atoms with Gasteiger partial charge in [-0.2, -0.15) is 11.8 Å². The third-order valence-electron chi connectivity index (χ3n) is 3.90. The van der Waals surface area contributed by atoms with Crippen molar-refractivity contribution >= 4 is 23.6 Å². The van der Waals surface area contributed by atoms with Gasteiger partial charge in [-0.15, -0.1) is 0 Å². The van der Waals surface area contributed by atoms with E-state index >= 15 is 0 Å². The molecule has 3 N–H and O–H groups in total. The number of nitrogens with one attached hydrogen (secondary N) is 3. The zero-order valence-electron chi connectivity index (χ0n) is 15.3. The molecule has 2 rings (SSSR count). The predicted molar refractivity (Wildman–Crippen MR) is 107 cm³/mol. The molecule has 1 amide bonds. The van der Waals surface area contributed by atoms with Crippen molar-refractivity contribution in [2.24, 2.45) is 10.9 Å². The minimum atomic E-state index is 0.191. The Morgan fingerprint density at radius 1 is 1.16 bits per heavy atom. The zero-order chi connectivity index (χ0) is 17.9. The van der Waals surface area contributed by atoms with E-state index in [9.17, 15) is 4.79 Å². The van der Waals surface area contributed by atoms with Crippen LogP contribution in [-0.4, -0.2) is 43.8 Å². The van der Waals surface area contributed by atoms with E-state index in [2.05, 4.69) is 59.1 Å². The molecule has 0 saturated heterocycles. The van der Waals surface area contributed by atoms with Crippen LogP contribution in [0, 0.1) is 12.8 Å². The number of benzene rings is 1. The molecule has 0 heterocycles. The standard InChI is InChI=1S/C19H30N4OS/c1-3-20-19(22-11-10-21-18(24)17-8-9-17)23-12-13-25-14-16-6-4-15(2)5-7-16/h4-7,17H,3,8-14H2,1-2H3,(H,21,24)(H2,20,22,23). The van der Waals surface area contributed by atoms with Crippen LogP contribution < -0.4 is 16.0 Å². The molecule has 1 aromatic rings. The summed E-state index contributed by atoms with van der Waals surface area (Å²) in [5.74, 6) is 3.29. The summed E-state index contributed by atoms with van der Waals surface area (Å²) >= 11 is 1.90. The van der Waals surface area contributed by atoms with Gasteiger partial charge in [-0.1, -0.05) is 29.8 Å². The average Bonchev–Trinajstić information content (AvgIpc) is 3.45. The van der Waals surface area contributed by atoms with Crippen LogP contribution in [0.3, 0.4) is 0 Å². The largest absolute Gasteiger partial charge is 0.357 e. The molecule has 1 fully saturated rings. The minimum absolute atomic E-state index is 0.191. The molecular weight excluding hydrogens is 332 g/mol. The normalized spacial score (nSPS) is 14.2. The molecule has 0 atom stereocenters. The summed E-state index contributed by atoms with van der Waals surface area (Å²) in [6.45, 7) is 7.11. The quantitative estimate of drug-likeness (QED) is 0.339. The molecular formula is C19H30N4OS. The summed E-state index contributed by atoms with van der Waals surface area (Å²) in [4.78, 5) is 16.2. The topological polar surface area (TPSA) is 65.5 Å². The Balaban J connectivity index is 1.59. The minimum Gasteiger partial charge on any atom is -0.357 e. The monoisotopic (exact) mass is 362 g/mol. The fourth-order valence-corrected chi connectivity index (χ4v) is 3.09. The highest BCUT2D eigenvalue weighted by Crippen LogP contribution is 2.28. The second kappa shape index (κ2) is 11.0. The fourth-order valence-electron chi connectivity index (χ4n) is 2.29. The summed E-state index contributed by atoms with van der Waals surface area (Å²) in [7, 11) is 0. The SMILES string of the molecule is CCNC(=NCCSCc1ccc(C)cc1)NCCNC(=O)C1CC1. The number of aryl methyl sites for hydroxylation is 1. The van der Waals surface area contributed by atoms with Crippen LogP contribution in [0.25, 0.3) is 0 Å². The maximum Gasteiger partial charge on any atom is 0.223 e. The Morgan fingerprint density at radius 3 is 2.56 bits per heavy atom. The van der Waals surface area contributed by atoms with Gasteiger partial charge in [0, 0.05) is 37.1 Å². The number of carbonyl (C=O) groups excluding carboxylic acids is 1. The Bertz CT molecular complexity index is 555. The first-order valence-corrected chi connectivity index (χ1v) is 10.3. The van der Waals surface area contributed by atoms with Gasteiger partial charge in [0.05, 0.1) is 6.54 Å². The molecule has 25 heavy (non-hydrogen) atoms. The van der Waals surface area contributed by atoms with Gasteiger partial charge < -0.3 is 16.0 Å². The van der Waals surface area contributed by atoms with Crippen LogP contribution in [0.1, 0.15) is 30.9 Å². The number of carbonyl (C=O) groups is 1. The number of rotatable bonds is 10. The van der Waals surface area contributed by atoms with Crippen molar-refractivity contribution in [1.82, 2.24) is 16.0 Å². The second-order valence-corrected chi connectivity index (χ2v) is 7.40. The molecule has 1 aromatic carbocycles. The summed E-state index contributed by atoms with van der Waals surface area (Å²) < 4.78 is 0. The van der Waals surface area contributed by atoms with E-state index in [1.807, 2.05) is 11.8 Å². The third kappa shape index (κ3) is 8.29. The molecule has 0 bridgehead atoms. The molecule has 0 unspecified atom stereocenters. The number of guanidine groups is 1. The first-order valence-electron chi connectivity index (χ1n) is 9.12. The van der Waals surface area contributed by atoms with Gasteiger partial charge in [-0.05, 0) is 32.3 Å². The van der Waals surface area contributed by atoms with Crippen LogP contribution >= 0.6 is 11.8 Å². The van der Waals surface area contributed by atoms with Crippen molar-refractivity contribution in [3.8, 4) is 0 Å². The zero-order valence-corrected chi connectivity index (χ0v) is 16.1. The van der Waals surface area contributed by atoms with E-state index in [0.717, 1.165) is 43.4 Å². The van der Waals surface area contributed by atoms with Crippen LogP contribution in [0.15, 0.2) is 29.3 Å². The van der Waals surface area contributed by atoms with Gasteiger partial charge in [0.1, 0.15) is 0 Å². The number of hydrogen-bond donors (Lipinski definition) is 3. The molecule has 1 aliphatic rings. The van der Waals surface area contributed by atoms with Gasteiger partial charge in [0.2, 0.25) is 5.91 Å². The Morgan fingerprint density at radius 2 is 1.88 bits per heavy atom. The summed E-state index contributed by atoms with van der Waals surface area (Å²) in [5.41, 5.74) is 2.66. The van der Waals surface area contributed by atoms with Gasteiger partial charge in [-0.3, -0.25) is 9.79 Å². The van der Waals surface area contributed by atoms with Crippen molar-refractivity contribution in [2.45, 2.75) is 32.4 Å². The molecule has 0 aliphatic heterocycles. The van der Waals surface area contributed by atoms with Crippen molar-refractivity contribution in [3.05, 3.63) is 35.4 Å². The van der Waals surface area contributed by atoms with Crippen molar-refractivity contribution < 1.29 is 4.79 Å². The molecule has 0 radical (unpaired) electrons. The highest BCUT2D eigenvalue weighted by molar-refractivity contribution is 7.98. The molecule has 1 saturated carbocycles. The Labute approximate surface area is 155 Å². The summed E-state index contributed by atoms with van der Waals surface area (Å²) in [6.07, 6.45) is 2.09. The van der Waals surface area contributed by atoms with E-state index in [-0.39, 0.29) is 11.8 Å². The summed E-state index contributed by atoms with van der Waals surface area (Å²) in [5, 5.41) is 9.45. The highest BCUT2D eigenvalue weighted by Gasteiger charge is 2.28. The van der Waals surface area contributed by atoms with E-state index < -0.39 is 0 Å². The molecule has 1 aliphatic carbocycles. The van der Waals surface area contributed by atoms with E-state index in [1.54, 1.807) is 0 Å². The van der Waals surface area contributed by atoms with Gasteiger partial charge in [0.15, 0.2) is 5.96 Å². The van der Waals surface area contributed by atoms with Crippen LogP contribution in [0.5, 0.6) is 0 Å². The van der Waals surface area contributed by atoms with Crippen LogP contribution in [0.2, 0.25) is 0 Å². The number of nitrogens with zero attached hydrogens (tertiary/aromatic N) is 1. The molecule has 6 heteroatoms. The number of amides is 1. The smallest absolute Gasteiger partial charge is 0.223 e. The lowest BCUT2D eigenvalue weighted by atomic mass is 10.2. The maximum atomic E-state index is 11.6. The maximum absolute atomic E-state index is 11.6. The Hall–Kier alpha value is -1.69. The lowest BCUT2D eigenvalue weighted by Gasteiger charge is -2.11. The van der Waals surface area contributed by atoms with Crippen LogP contribution in [0.4, 0.5) is 0 Å². The highest BCUT2D eigenvalue weighted by atomic mass is 32.2. The first kappa shape index (κ1) is 19.6. The lowest BCUT2D eigenvalue weighted by molar-refractivity contribution is -0.122. The van der Waals surface area contributed by atoms with Crippen molar-refractivity contribution in [1.29, 1.82) is 0 Å². The van der Waals surface area contributed by atoms with E-state index in [0.29, 0.717) is 13.1 Å². The van der Waals surface area contributed by atoms with Gasteiger partial charge >= 0.3 is 0 Å². The molecule has 5 nitrogen and oxygen atoms in total. The van der Waals surface area contributed by atoms with Gasteiger partial charge in [-0.25, -0.2) is 0 Å². The third-order valence-corrected chi connectivity index (χ3v) is 4.91. The molecule has 138 valence electrons. The fraction of sp³-hybridized carbons (Fsp3) is 0.579. The molecule has 0 aromatic heterocycles. The number of hydrogen-bond acceptors (Lipinski definition) is 3. The first-order chi connectivity index (χ1) is 12.2. The predicted octanol–water partition coefficient (Wildman–Crippen LogP) is 2.31. The van der Waals surface area contributed by atoms with Crippen molar-refractivity contribution in [2.75, 3.05) is 31.9 Å². The number of thioether (sulfide) groups is 1. The van der Waals surface area contributed by atoms with E-state index in [1.165, 1.54) is 11.1 Å². The van der Waals surface area contributed by atoms with E-state index in [4.69, 9.17) is 0 Å². The Kier molecular flexibility index (Phi) is 8.66. The summed E-state index contributed by atoms with van der Waals surface area (Å²) in [6, 6.07) is 8.69. The lowest BCUT2D eigenvalue weighted by Crippen LogP contribution is -2.41. The van der Waals surface area contributed by atoms with Crippen LogP contribution in [-0.2, 0) is 10.5 Å². The number of aliphatic imine (C=N–C) groups is 1.